The Morgan fingerprint density at radius 1 is 1.14 bits per heavy atom. The van der Waals surface area contributed by atoms with E-state index in [1.54, 1.807) is 24.1 Å². The molecule has 0 aliphatic rings. The van der Waals surface area contributed by atoms with Crippen LogP contribution in [-0.2, 0) is 16.1 Å². The van der Waals surface area contributed by atoms with Gasteiger partial charge in [0.15, 0.2) is 0 Å². The van der Waals surface area contributed by atoms with Crippen molar-refractivity contribution in [3.63, 3.8) is 0 Å². The molecule has 0 bridgehead atoms. The fraction of sp³-hybridized carbons (Fsp3) is 0.348. The van der Waals surface area contributed by atoms with Gasteiger partial charge < -0.3 is 15.0 Å². The smallest absolute Gasteiger partial charge is 0.225 e. The molecule has 0 fully saturated rings. The summed E-state index contributed by atoms with van der Waals surface area (Å²) in [4.78, 5) is 26.5. The van der Waals surface area contributed by atoms with Crippen LogP contribution >= 0.6 is 0 Å². The molecule has 29 heavy (non-hydrogen) atoms. The molecule has 1 N–H and O–H groups in total. The van der Waals surface area contributed by atoms with Crippen LogP contribution < -0.4 is 10.1 Å². The van der Waals surface area contributed by atoms with E-state index in [-0.39, 0.29) is 18.2 Å². The van der Waals surface area contributed by atoms with E-state index in [1.807, 2.05) is 43.3 Å². The van der Waals surface area contributed by atoms with E-state index in [4.69, 9.17) is 10.00 Å². The third-order valence-electron chi connectivity index (χ3n) is 4.58. The van der Waals surface area contributed by atoms with E-state index < -0.39 is 6.04 Å². The molecule has 1 atom stereocenters. The molecule has 2 rings (SSSR count). The lowest BCUT2D eigenvalue weighted by molar-refractivity contribution is -0.132. The lowest BCUT2D eigenvalue weighted by Gasteiger charge is -2.26. The third kappa shape index (κ3) is 6.65. The van der Waals surface area contributed by atoms with Crippen LogP contribution in [0.5, 0.6) is 5.75 Å². The average Bonchev–Trinajstić information content (AvgIpc) is 2.73. The zero-order chi connectivity index (χ0) is 21.2. The molecule has 2 aromatic rings. The van der Waals surface area contributed by atoms with Gasteiger partial charge in [0.05, 0.1) is 31.2 Å². The fourth-order valence-corrected chi connectivity index (χ4v) is 3.10. The number of hydrogen-bond donors (Lipinski definition) is 1. The summed E-state index contributed by atoms with van der Waals surface area (Å²) >= 11 is 0. The molecule has 0 aliphatic heterocycles. The Kier molecular flexibility index (Phi) is 8.23. The number of benzene rings is 2. The molecule has 0 spiro atoms. The minimum absolute atomic E-state index is 0.0363. The Balaban J connectivity index is 2.15. The monoisotopic (exact) mass is 393 g/mol. The number of nitrogens with one attached hydrogen (secondary N) is 1. The van der Waals surface area contributed by atoms with Crippen molar-refractivity contribution in [2.45, 2.75) is 39.3 Å². The summed E-state index contributed by atoms with van der Waals surface area (Å²) in [6.45, 7) is 4.55. The fourth-order valence-electron chi connectivity index (χ4n) is 3.10. The summed E-state index contributed by atoms with van der Waals surface area (Å²) in [5, 5.41) is 11.8. The van der Waals surface area contributed by atoms with E-state index in [2.05, 4.69) is 11.4 Å². The quantitative estimate of drug-likeness (QED) is 0.706. The maximum Gasteiger partial charge on any atom is 0.225 e. The number of nitriles is 1. The van der Waals surface area contributed by atoms with Gasteiger partial charge in [-0.1, -0.05) is 31.2 Å². The minimum Gasteiger partial charge on any atom is -0.497 e. The van der Waals surface area contributed by atoms with Crippen molar-refractivity contribution in [2.75, 3.05) is 13.7 Å². The maximum atomic E-state index is 13.0. The molecule has 0 radical (unpaired) electrons. The van der Waals surface area contributed by atoms with Gasteiger partial charge >= 0.3 is 0 Å². The van der Waals surface area contributed by atoms with E-state index in [0.29, 0.717) is 18.7 Å². The number of hydrogen-bond acceptors (Lipinski definition) is 4. The third-order valence-corrected chi connectivity index (χ3v) is 4.58. The summed E-state index contributed by atoms with van der Waals surface area (Å²) in [5.41, 5.74) is 2.41. The topological polar surface area (TPSA) is 82.4 Å². The number of ether oxygens (including phenoxy) is 1. The highest BCUT2D eigenvalue weighted by Crippen LogP contribution is 2.22. The van der Waals surface area contributed by atoms with Crippen molar-refractivity contribution in [3.8, 4) is 11.8 Å². The predicted octanol–water partition coefficient (Wildman–Crippen LogP) is 3.57. The molecule has 6 nitrogen and oxygen atoms in total. The highest BCUT2D eigenvalue weighted by atomic mass is 16.5. The lowest BCUT2D eigenvalue weighted by Crippen LogP contribution is -2.36. The zero-order valence-electron chi connectivity index (χ0n) is 17.1. The number of carbonyl (C=O) groups is 2. The van der Waals surface area contributed by atoms with Crippen molar-refractivity contribution >= 4 is 11.8 Å². The second-order valence-corrected chi connectivity index (χ2v) is 6.85. The van der Waals surface area contributed by atoms with E-state index in [1.165, 1.54) is 6.92 Å². The van der Waals surface area contributed by atoms with Crippen molar-refractivity contribution in [1.29, 1.82) is 5.26 Å². The van der Waals surface area contributed by atoms with Crippen LogP contribution in [0.4, 0.5) is 0 Å². The van der Waals surface area contributed by atoms with Gasteiger partial charge in [-0.25, -0.2) is 0 Å². The molecule has 0 heterocycles. The van der Waals surface area contributed by atoms with Crippen LogP contribution in [-0.4, -0.2) is 30.4 Å². The molecule has 0 aliphatic carbocycles. The normalized spacial score (nSPS) is 11.2. The SMILES string of the molecule is CCCN(Cc1ccc(C#N)cc1)C(=O)CC(NC(C)=O)c1ccc(OC)cc1. The summed E-state index contributed by atoms with van der Waals surface area (Å²) in [6.07, 6.45) is 0.998. The predicted molar refractivity (Wildman–Crippen MR) is 111 cm³/mol. The maximum absolute atomic E-state index is 13.0. The average molecular weight is 393 g/mol. The molecule has 0 saturated carbocycles. The van der Waals surface area contributed by atoms with E-state index in [9.17, 15) is 9.59 Å². The van der Waals surface area contributed by atoms with Gasteiger partial charge in [0.25, 0.3) is 0 Å². The van der Waals surface area contributed by atoms with Crippen LogP contribution in [0.3, 0.4) is 0 Å². The first kappa shape index (κ1) is 22.0. The summed E-state index contributed by atoms with van der Waals surface area (Å²) in [7, 11) is 1.59. The highest BCUT2D eigenvalue weighted by Gasteiger charge is 2.21. The second-order valence-electron chi connectivity index (χ2n) is 6.85. The number of rotatable bonds is 9. The van der Waals surface area contributed by atoms with Gasteiger partial charge in [0.2, 0.25) is 11.8 Å². The molecule has 1 unspecified atom stereocenters. The Morgan fingerprint density at radius 3 is 2.31 bits per heavy atom. The zero-order valence-corrected chi connectivity index (χ0v) is 17.1. The molecule has 2 aromatic carbocycles. The lowest BCUT2D eigenvalue weighted by atomic mass is 10.0. The largest absolute Gasteiger partial charge is 0.497 e. The second kappa shape index (κ2) is 10.9. The van der Waals surface area contributed by atoms with Gasteiger partial charge in [-0.15, -0.1) is 0 Å². The Bertz CT molecular complexity index is 854. The Labute approximate surface area is 172 Å². The summed E-state index contributed by atoms with van der Waals surface area (Å²) < 4.78 is 5.18. The molecular weight excluding hydrogens is 366 g/mol. The first-order chi connectivity index (χ1) is 14.0. The van der Waals surface area contributed by atoms with Gasteiger partial charge in [-0.2, -0.15) is 5.26 Å². The molecular formula is C23H27N3O3. The van der Waals surface area contributed by atoms with Gasteiger partial charge in [0.1, 0.15) is 5.75 Å². The van der Waals surface area contributed by atoms with Gasteiger partial charge in [-0.3, -0.25) is 9.59 Å². The van der Waals surface area contributed by atoms with Gasteiger partial charge in [0, 0.05) is 20.0 Å². The Morgan fingerprint density at radius 2 is 1.79 bits per heavy atom. The first-order valence-electron chi connectivity index (χ1n) is 9.64. The van der Waals surface area contributed by atoms with Crippen molar-refractivity contribution < 1.29 is 14.3 Å². The van der Waals surface area contributed by atoms with Crippen molar-refractivity contribution in [3.05, 3.63) is 65.2 Å². The van der Waals surface area contributed by atoms with Crippen LogP contribution in [0.1, 0.15) is 49.4 Å². The number of nitrogens with zero attached hydrogens (tertiary/aromatic N) is 2. The van der Waals surface area contributed by atoms with E-state index >= 15 is 0 Å². The molecule has 2 amide bonds. The van der Waals surface area contributed by atoms with Crippen LogP contribution in [0.15, 0.2) is 48.5 Å². The minimum atomic E-state index is -0.411. The summed E-state index contributed by atoms with van der Waals surface area (Å²) in [6, 6.07) is 16.3. The van der Waals surface area contributed by atoms with Crippen molar-refractivity contribution in [2.24, 2.45) is 0 Å². The van der Waals surface area contributed by atoms with Gasteiger partial charge in [-0.05, 0) is 41.8 Å². The standard InChI is InChI=1S/C23H27N3O3/c1-4-13-26(16-19-7-5-18(15-24)6-8-19)23(28)14-22(25-17(2)27)20-9-11-21(29-3)12-10-20/h5-12,22H,4,13-14,16H2,1-3H3,(H,25,27). The molecule has 152 valence electrons. The van der Waals surface area contributed by atoms with Crippen LogP contribution in [0, 0.1) is 11.3 Å². The molecule has 6 heteroatoms. The Hall–Kier alpha value is -3.33. The van der Waals surface area contributed by atoms with Crippen LogP contribution in [0.25, 0.3) is 0 Å². The van der Waals surface area contributed by atoms with E-state index in [0.717, 1.165) is 23.3 Å². The number of carbonyl (C=O) groups excluding carboxylic acids is 2. The molecule has 0 saturated heterocycles. The van der Waals surface area contributed by atoms with Crippen molar-refractivity contribution in [1.82, 2.24) is 10.2 Å². The highest BCUT2D eigenvalue weighted by molar-refractivity contribution is 5.79. The first-order valence-corrected chi connectivity index (χ1v) is 9.64. The molecule has 0 aromatic heterocycles. The summed E-state index contributed by atoms with van der Waals surface area (Å²) in [5.74, 6) is 0.494. The van der Waals surface area contributed by atoms with Crippen LogP contribution in [0.2, 0.25) is 0 Å². The number of amides is 2. The number of methoxy groups -OCH3 is 1.